The number of nitrogens with zero attached hydrogens (tertiary/aromatic N) is 1. The van der Waals surface area contributed by atoms with E-state index in [0.29, 0.717) is 6.54 Å². The Kier molecular flexibility index (Phi) is 9.10. The summed E-state index contributed by atoms with van der Waals surface area (Å²) in [5.41, 5.74) is 4.15. The van der Waals surface area contributed by atoms with Gasteiger partial charge in [0.15, 0.2) is 0 Å². The molecule has 0 aliphatic carbocycles. The third-order valence-electron chi connectivity index (χ3n) is 5.78. The number of hydrogen-bond donors (Lipinski definition) is 2. The van der Waals surface area contributed by atoms with Gasteiger partial charge in [-0.15, -0.1) is 12.4 Å². The van der Waals surface area contributed by atoms with Gasteiger partial charge in [-0.1, -0.05) is 29.8 Å². The minimum Gasteiger partial charge on any atom is -0.490 e. The summed E-state index contributed by atoms with van der Waals surface area (Å²) < 4.78 is 19.0. The number of likely N-dealkylation sites (tertiary alicyclic amines) is 1. The van der Waals surface area contributed by atoms with E-state index in [1.807, 2.05) is 13.8 Å². The van der Waals surface area contributed by atoms with Gasteiger partial charge in [-0.25, -0.2) is 4.39 Å². The van der Waals surface area contributed by atoms with E-state index in [2.05, 4.69) is 24.0 Å². The van der Waals surface area contributed by atoms with E-state index >= 15 is 0 Å². The first kappa shape index (κ1) is 24.6. The number of aliphatic hydroxyl groups excluding tert-OH is 2. The summed E-state index contributed by atoms with van der Waals surface area (Å²) in [6, 6.07) is 10.3. The van der Waals surface area contributed by atoms with E-state index in [9.17, 15) is 14.6 Å². The molecule has 0 spiro atoms. The molecule has 0 amide bonds. The number of rotatable bonds is 7. The van der Waals surface area contributed by atoms with Crippen LogP contribution in [-0.4, -0.2) is 47.5 Å². The maximum Gasteiger partial charge on any atom is 0.125 e. The molecule has 4 nitrogen and oxygen atoms in total. The summed E-state index contributed by atoms with van der Waals surface area (Å²) in [6.45, 7) is 8.59. The summed E-state index contributed by atoms with van der Waals surface area (Å²) in [5, 5.41) is 21.0. The topological polar surface area (TPSA) is 52.9 Å². The number of hydrogen-bond acceptors (Lipinski definition) is 4. The van der Waals surface area contributed by atoms with Crippen molar-refractivity contribution in [2.24, 2.45) is 5.92 Å². The molecule has 30 heavy (non-hydrogen) atoms. The monoisotopic (exact) mass is 437 g/mol. The second-order valence-corrected chi connectivity index (χ2v) is 8.33. The summed E-state index contributed by atoms with van der Waals surface area (Å²) in [7, 11) is 0. The first-order valence-electron chi connectivity index (χ1n) is 10.4. The van der Waals surface area contributed by atoms with Crippen molar-refractivity contribution in [2.45, 2.75) is 45.8 Å². The minimum absolute atomic E-state index is 0. The number of piperidine rings is 1. The van der Waals surface area contributed by atoms with E-state index in [1.165, 1.54) is 17.7 Å². The molecule has 2 N–H and O–H groups in total. The van der Waals surface area contributed by atoms with Gasteiger partial charge >= 0.3 is 0 Å². The van der Waals surface area contributed by atoms with Crippen LogP contribution in [0.1, 0.15) is 41.2 Å². The molecule has 2 aromatic carbocycles. The van der Waals surface area contributed by atoms with Gasteiger partial charge < -0.3 is 19.8 Å². The highest BCUT2D eigenvalue weighted by molar-refractivity contribution is 5.85. The molecule has 1 aliphatic rings. The van der Waals surface area contributed by atoms with Crippen LogP contribution in [0.2, 0.25) is 0 Å². The number of benzene rings is 2. The van der Waals surface area contributed by atoms with Crippen molar-refractivity contribution in [1.82, 2.24) is 4.90 Å². The van der Waals surface area contributed by atoms with Crippen LogP contribution in [0.4, 0.5) is 4.39 Å². The number of ether oxygens (including phenoxy) is 1. The zero-order valence-electron chi connectivity index (χ0n) is 18.0. The molecule has 2 aromatic rings. The van der Waals surface area contributed by atoms with Crippen LogP contribution in [0.3, 0.4) is 0 Å². The lowest BCUT2D eigenvalue weighted by molar-refractivity contribution is 0.0277. The Hall–Kier alpha value is -1.66. The fourth-order valence-electron chi connectivity index (χ4n) is 4.31. The molecule has 1 heterocycles. The Balaban J connectivity index is 0.00000320. The van der Waals surface area contributed by atoms with Crippen molar-refractivity contribution in [3.05, 3.63) is 64.5 Å². The number of aliphatic hydroxyl groups is 2. The highest BCUT2D eigenvalue weighted by atomic mass is 35.5. The summed E-state index contributed by atoms with van der Waals surface area (Å²) in [6.07, 6.45) is 0.567. The summed E-state index contributed by atoms with van der Waals surface area (Å²) in [5.74, 6) is 0.724. The van der Waals surface area contributed by atoms with E-state index in [1.54, 1.807) is 12.1 Å². The molecular formula is C24H33ClFNO3. The molecule has 6 heteroatoms. The molecule has 0 radical (unpaired) electrons. The third-order valence-corrected chi connectivity index (χ3v) is 5.78. The Morgan fingerprint density at radius 1 is 1.03 bits per heavy atom. The van der Waals surface area contributed by atoms with Gasteiger partial charge in [-0.2, -0.15) is 0 Å². The molecule has 1 aliphatic heterocycles. The van der Waals surface area contributed by atoms with Gasteiger partial charge in [0.25, 0.3) is 0 Å². The van der Waals surface area contributed by atoms with Crippen molar-refractivity contribution in [2.75, 3.05) is 26.2 Å². The van der Waals surface area contributed by atoms with Crippen LogP contribution < -0.4 is 4.74 Å². The fourth-order valence-corrected chi connectivity index (χ4v) is 4.31. The molecular weight excluding hydrogens is 405 g/mol. The summed E-state index contributed by atoms with van der Waals surface area (Å²) in [4.78, 5) is 2.22. The Morgan fingerprint density at radius 2 is 1.60 bits per heavy atom. The zero-order chi connectivity index (χ0) is 21.0. The molecule has 166 valence electrons. The minimum atomic E-state index is -0.571. The van der Waals surface area contributed by atoms with Gasteiger partial charge in [0, 0.05) is 6.54 Å². The molecule has 2 unspecified atom stereocenters. The highest BCUT2D eigenvalue weighted by Gasteiger charge is 2.27. The van der Waals surface area contributed by atoms with Gasteiger partial charge in [0.2, 0.25) is 0 Å². The standard InChI is InChI=1S/C24H32FNO3.ClH/c1-16-12-17(2)24(18(3)13-16)29-15-22(27)14-26-10-8-20(9-11-26)23(28)19-4-6-21(25)7-5-19;/h4-7,12-13,20,22-23,27-28H,8-11,14-15H2,1-3H3;1H. The van der Waals surface area contributed by atoms with Crippen LogP contribution in [-0.2, 0) is 0 Å². The highest BCUT2D eigenvalue weighted by Crippen LogP contribution is 2.31. The van der Waals surface area contributed by atoms with Crippen LogP contribution in [0.5, 0.6) is 5.75 Å². The van der Waals surface area contributed by atoms with Crippen LogP contribution in [0, 0.1) is 32.5 Å². The van der Waals surface area contributed by atoms with Gasteiger partial charge in [-0.05, 0) is 81.4 Å². The number of halogens is 2. The lowest BCUT2D eigenvalue weighted by atomic mass is 9.87. The molecule has 0 aromatic heterocycles. The molecule has 2 atom stereocenters. The third kappa shape index (κ3) is 6.42. The van der Waals surface area contributed by atoms with Crippen molar-refractivity contribution in [3.8, 4) is 5.75 Å². The van der Waals surface area contributed by atoms with Gasteiger partial charge in [-0.3, -0.25) is 0 Å². The Morgan fingerprint density at radius 3 is 2.17 bits per heavy atom. The second kappa shape index (κ2) is 11.1. The van der Waals surface area contributed by atoms with Crippen molar-refractivity contribution < 1.29 is 19.3 Å². The Labute approximate surface area is 185 Å². The molecule has 1 fully saturated rings. The maximum atomic E-state index is 13.1. The lowest BCUT2D eigenvalue weighted by Gasteiger charge is -2.35. The average Bonchev–Trinajstić information content (AvgIpc) is 2.68. The van der Waals surface area contributed by atoms with Crippen LogP contribution >= 0.6 is 12.4 Å². The quantitative estimate of drug-likeness (QED) is 0.675. The summed E-state index contributed by atoms with van der Waals surface area (Å²) >= 11 is 0. The first-order chi connectivity index (χ1) is 13.8. The smallest absolute Gasteiger partial charge is 0.125 e. The Bertz CT molecular complexity index is 784. The van der Waals surface area contributed by atoms with Crippen LogP contribution in [0.25, 0.3) is 0 Å². The molecule has 1 saturated heterocycles. The van der Waals surface area contributed by atoms with E-state index in [0.717, 1.165) is 48.4 Å². The largest absolute Gasteiger partial charge is 0.490 e. The van der Waals surface area contributed by atoms with Gasteiger partial charge in [0.1, 0.15) is 24.3 Å². The van der Waals surface area contributed by atoms with E-state index in [4.69, 9.17) is 4.74 Å². The molecule has 3 rings (SSSR count). The van der Waals surface area contributed by atoms with Crippen molar-refractivity contribution in [3.63, 3.8) is 0 Å². The average molecular weight is 438 g/mol. The van der Waals surface area contributed by atoms with E-state index < -0.39 is 12.2 Å². The SMILES string of the molecule is Cc1cc(C)c(OCC(O)CN2CCC(C(O)c3ccc(F)cc3)CC2)c(C)c1.Cl. The lowest BCUT2D eigenvalue weighted by Crippen LogP contribution is -2.41. The normalized spacial score (nSPS) is 17.3. The predicted octanol–water partition coefficient (Wildman–Crippen LogP) is 4.36. The predicted molar refractivity (Wildman–Crippen MR) is 120 cm³/mol. The molecule has 0 saturated carbocycles. The maximum absolute atomic E-state index is 13.1. The zero-order valence-corrected chi connectivity index (χ0v) is 18.8. The second-order valence-electron chi connectivity index (χ2n) is 8.33. The molecule has 0 bridgehead atoms. The van der Waals surface area contributed by atoms with Crippen LogP contribution in [0.15, 0.2) is 36.4 Å². The van der Waals surface area contributed by atoms with Gasteiger partial charge in [0.05, 0.1) is 6.10 Å². The van der Waals surface area contributed by atoms with Crippen molar-refractivity contribution >= 4 is 12.4 Å². The fraction of sp³-hybridized carbons (Fsp3) is 0.500. The van der Waals surface area contributed by atoms with Crippen molar-refractivity contribution in [1.29, 1.82) is 0 Å². The number of β-amino-alcohol motifs (C(OH)–C–C–N with tert-alkyl or cyclic N) is 1. The first-order valence-corrected chi connectivity index (χ1v) is 10.4. The van der Waals surface area contributed by atoms with E-state index in [-0.39, 0.29) is 30.7 Å². The number of aryl methyl sites for hydroxylation is 3.